The molecule has 0 aromatic heterocycles. The molecule has 7 heteroatoms. The van der Waals surface area contributed by atoms with Gasteiger partial charge < -0.3 is 10.2 Å². The van der Waals surface area contributed by atoms with Crippen LogP contribution in [0.15, 0.2) is 35.2 Å². The van der Waals surface area contributed by atoms with E-state index in [1.54, 1.807) is 0 Å². The minimum Gasteiger partial charge on any atom is -0.872 e. The minimum absolute atomic E-state index is 0. The van der Waals surface area contributed by atoms with Gasteiger partial charge in [-0.1, -0.05) is 11.8 Å². The third-order valence-corrected chi connectivity index (χ3v) is 3.00. The van der Waals surface area contributed by atoms with E-state index in [0.29, 0.717) is 5.39 Å². The number of benzene rings is 2. The molecule has 0 atom stereocenters. The molecule has 0 saturated heterocycles. The van der Waals surface area contributed by atoms with Crippen LogP contribution < -0.4 is 5.11 Å². The van der Waals surface area contributed by atoms with Crippen LogP contribution >= 0.6 is 0 Å². The van der Waals surface area contributed by atoms with E-state index >= 15 is 0 Å². The fourth-order valence-corrected chi connectivity index (χ4v) is 1.97. The third kappa shape index (κ3) is 2.69. The first-order valence-corrected chi connectivity index (χ1v) is 5.73. The smallest absolute Gasteiger partial charge is 0.294 e. The van der Waals surface area contributed by atoms with Gasteiger partial charge in [0.25, 0.3) is 10.1 Å². The zero-order valence-corrected chi connectivity index (χ0v) is 10.0. The van der Waals surface area contributed by atoms with Crippen molar-refractivity contribution in [1.82, 2.24) is 0 Å². The summed E-state index contributed by atoms with van der Waals surface area (Å²) in [6, 6.07) is 5.96. The molecule has 2 aromatic carbocycles. The Morgan fingerprint density at radius 3 is 2.41 bits per heavy atom. The van der Waals surface area contributed by atoms with Crippen LogP contribution in [0.25, 0.3) is 10.8 Å². The summed E-state index contributed by atoms with van der Waals surface area (Å²) in [5, 5.41) is 21.2. The molecule has 0 amide bonds. The van der Waals surface area contributed by atoms with Gasteiger partial charge in [-0.05, 0) is 35.0 Å². The molecular weight excluding hydrogens is 291 g/mol. The van der Waals surface area contributed by atoms with Crippen molar-refractivity contribution in [3.63, 3.8) is 0 Å². The fraction of sp³-hybridized carbons (Fsp3) is 0. The zero-order valence-electron chi connectivity index (χ0n) is 8.23. The molecule has 0 saturated carbocycles. The summed E-state index contributed by atoms with van der Waals surface area (Å²) in [6.45, 7) is 0. The molecule has 2 aromatic rings. The van der Waals surface area contributed by atoms with Crippen LogP contribution in [-0.2, 0) is 26.6 Å². The van der Waals surface area contributed by atoms with E-state index in [2.05, 4.69) is 0 Å². The Morgan fingerprint density at radius 1 is 1.18 bits per heavy atom. The van der Waals surface area contributed by atoms with Gasteiger partial charge in [-0.25, -0.2) is 0 Å². The minimum atomic E-state index is -4.39. The normalized spacial score (nSPS) is 11.1. The van der Waals surface area contributed by atoms with Gasteiger partial charge in [0.1, 0.15) is 5.75 Å². The molecule has 0 aliphatic rings. The summed E-state index contributed by atoms with van der Waals surface area (Å²) in [5.41, 5.74) is 0. The van der Waals surface area contributed by atoms with Crippen LogP contribution in [0.4, 0.5) is 0 Å². The van der Waals surface area contributed by atoms with E-state index in [4.69, 9.17) is 4.55 Å². The second kappa shape index (κ2) is 4.52. The maximum Gasteiger partial charge on any atom is 0.294 e. The topological polar surface area (TPSA) is 97.7 Å². The monoisotopic (exact) mass is 299 g/mol. The van der Waals surface area contributed by atoms with Gasteiger partial charge in [-0.2, -0.15) is 8.42 Å². The van der Waals surface area contributed by atoms with Gasteiger partial charge in [0.05, 0.1) is 4.90 Å². The molecule has 0 radical (unpaired) electrons. The zero-order chi connectivity index (χ0) is 11.9. The van der Waals surface area contributed by atoms with Crippen molar-refractivity contribution in [1.29, 1.82) is 0 Å². The van der Waals surface area contributed by atoms with Crippen molar-refractivity contribution in [2.45, 2.75) is 4.90 Å². The summed E-state index contributed by atoms with van der Waals surface area (Å²) in [5.74, 6) is -0.648. The molecule has 0 bridgehead atoms. The van der Waals surface area contributed by atoms with E-state index in [1.807, 2.05) is 0 Å². The fourth-order valence-electron chi connectivity index (χ4n) is 1.43. The second-order valence-corrected chi connectivity index (χ2v) is 4.72. The molecule has 5 nitrogen and oxygen atoms in total. The third-order valence-electron chi connectivity index (χ3n) is 2.17. The largest absolute Gasteiger partial charge is 0.872 e. The van der Waals surface area contributed by atoms with E-state index < -0.39 is 20.8 Å². The Bertz CT molecular complexity index is 671. The van der Waals surface area contributed by atoms with Crippen LogP contribution in [0.3, 0.4) is 0 Å². The summed E-state index contributed by atoms with van der Waals surface area (Å²) in [4.78, 5) is -0.448. The van der Waals surface area contributed by atoms with Gasteiger partial charge in [0, 0.05) is 17.9 Å². The van der Waals surface area contributed by atoms with Gasteiger partial charge in [-0.3, -0.25) is 4.55 Å². The number of hydrogen-bond acceptors (Lipinski definition) is 4. The molecule has 2 N–H and O–H groups in total. The average Bonchev–Trinajstić information content (AvgIpc) is 2.17. The van der Waals surface area contributed by atoms with E-state index in [1.165, 1.54) is 24.3 Å². The molecule has 0 fully saturated rings. The molecule has 0 spiro atoms. The predicted molar refractivity (Wildman–Crippen MR) is 57.0 cm³/mol. The summed E-state index contributed by atoms with van der Waals surface area (Å²) in [7, 11) is -4.39. The van der Waals surface area contributed by atoms with Crippen LogP contribution in [-0.4, -0.2) is 18.1 Å². The standard InChI is InChI=1S/C10H8O5S.Ni.H2/c11-7-2-1-6-3-8(16(13,14)15)5-10(12)9(6)4-7;;/h1-5,11-12H,(H,13,14,15);;1H/p-1. The van der Waals surface area contributed by atoms with Crippen molar-refractivity contribution in [2.24, 2.45) is 0 Å². The Morgan fingerprint density at radius 2 is 1.82 bits per heavy atom. The van der Waals surface area contributed by atoms with Gasteiger partial charge >= 0.3 is 0 Å². The summed E-state index contributed by atoms with van der Waals surface area (Å²) >= 11 is 0. The van der Waals surface area contributed by atoms with Gasteiger partial charge in [0.2, 0.25) is 0 Å². The van der Waals surface area contributed by atoms with Crippen LogP contribution in [0.1, 0.15) is 1.43 Å². The molecule has 0 aliphatic carbocycles. The molecule has 0 unspecified atom stereocenters. The average molecular weight is 300 g/mol. The van der Waals surface area contributed by atoms with Crippen molar-refractivity contribution in [3.05, 3.63) is 30.3 Å². The van der Waals surface area contributed by atoms with Gasteiger partial charge in [-0.15, -0.1) is 0 Å². The Balaban J connectivity index is 0.00000144. The van der Waals surface area contributed by atoms with E-state index in [-0.39, 0.29) is 29.1 Å². The molecular formula is C10H9NiO5S-. The Kier molecular flexibility index (Phi) is 3.66. The van der Waals surface area contributed by atoms with Crippen molar-refractivity contribution in [3.8, 4) is 11.5 Å². The van der Waals surface area contributed by atoms with Crippen LogP contribution in [0, 0.1) is 0 Å². The summed E-state index contributed by atoms with van der Waals surface area (Å²) in [6.07, 6.45) is 0. The Labute approximate surface area is 109 Å². The van der Waals surface area contributed by atoms with Crippen molar-refractivity contribution in [2.75, 3.05) is 0 Å². The van der Waals surface area contributed by atoms with Crippen LogP contribution in [0.2, 0.25) is 0 Å². The predicted octanol–water partition coefficient (Wildman–Crippen LogP) is 1.11. The SMILES string of the molecule is O=S(=O)(O)c1cc([O-])c2cc(O)ccc2c1.[HH].[Ni]. The number of phenolic OH excluding ortho intramolecular Hbond substituents is 1. The maximum absolute atomic E-state index is 11.5. The van der Waals surface area contributed by atoms with Crippen LogP contribution in [0.5, 0.6) is 11.5 Å². The molecule has 0 heterocycles. The van der Waals surface area contributed by atoms with Crippen molar-refractivity contribution >= 4 is 20.9 Å². The van der Waals surface area contributed by atoms with E-state index in [9.17, 15) is 18.6 Å². The number of phenols is 1. The Hall–Kier alpha value is -1.30. The summed E-state index contributed by atoms with van der Waals surface area (Å²) < 4.78 is 30.5. The molecule has 2 rings (SSSR count). The number of hydrogen-bond donors (Lipinski definition) is 2. The van der Waals surface area contributed by atoms with Crippen molar-refractivity contribution < 1.29 is 41.1 Å². The number of rotatable bonds is 1. The number of fused-ring (bicyclic) bond motifs is 1. The maximum atomic E-state index is 11.5. The molecule has 96 valence electrons. The first-order valence-electron chi connectivity index (χ1n) is 4.29. The number of aromatic hydroxyl groups is 1. The second-order valence-electron chi connectivity index (χ2n) is 3.30. The quantitative estimate of drug-likeness (QED) is 0.607. The first-order chi connectivity index (χ1) is 7.38. The molecule has 0 aliphatic heterocycles. The van der Waals surface area contributed by atoms with E-state index in [0.717, 1.165) is 6.07 Å². The van der Waals surface area contributed by atoms with Gasteiger partial charge in [0.15, 0.2) is 0 Å². The molecule has 17 heavy (non-hydrogen) atoms. The first kappa shape index (κ1) is 13.8.